The van der Waals surface area contributed by atoms with E-state index in [-0.39, 0.29) is 59.2 Å². The van der Waals surface area contributed by atoms with E-state index in [1.54, 1.807) is 20.8 Å². The molecule has 0 aromatic carbocycles. The third kappa shape index (κ3) is 4.63. The fourth-order valence-corrected chi connectivity index (χ4v) is 1.96. The van der Waals surface area contributed by atoms with Gasteiger partial charge in [0.15, 0.2) is 5.41 Å². The predicted molar refractivity (Wildman–Crippen MR) is 62.4 cm³/mol. The molecule has 0 spiro atoms. The Balaban J connectivity index is -0.00000112. The van der Waals surface area contributed by atoms with E-state index >= 15 is 0 Å². The van der Waals surface area contributed by atoms with Gasteiger partial charge in [0.05, 0.1) is 0 Å². The molecule has 0 aliphatic heterocycles. The summed E-state index contributed by atoms with van der Waals surface area (Å²) >= 11 is 0. The number of carboxylic acid groups (broad SMARTS) is 2. The zero-order chi connectivity index (χ0) is 13.0. The van der Waals surface area contributed by atoms with Crippen LogP contribution in [0.5, 0.6) is 0 Å². The molecule has 0 radical (unpaired) electrons. The van der Waals surface area contributed by atoms with Gasteiger partial charge in [-0.2, -0.15) is 0 Å². The maximum Gasteiger partial charge on any atom is 1.00 e. The fourth-order valence-electron chi connectivity index (χ4n) is 1.96. The summed E-state index contributed by atoms with van der Waals surface area (Å²) in [5, 5.41) is 18.5. The van der Waals surface area contributed by atoms with Crippen LogP contribution in [0.2, 0.25) is 0 Å². The van der Waals surface area contributed by atoms with Crippen LogP contribution in [0.3, 0.4) is 0 Å². The molecule has 2 N–H and O–H groups in total. The summed E-state index contributed by atoms with van der Waals surface area (Å²) in [6, 6.07) is 0. The first-order chi connectivity index (χ1) is 7.20. The van der Waals surface area contributed by atoms with E-state index in [4.69, 9.17) is 0 Å². The van der Waals surface area contributed by atoms with E-state index in [9.17, 15) is 19.8 Å². The largest absolute Gasteiger partial charge is 1.00 e. The molecular weight excluding hydrogens is 247 g/mol. The number of hydrogen-bond acceptors (Lipinski definition) is 2. The molecule has 0 amide bonds. The van der Waals surface area contributed by atoms with Crippen molar-refractivity contribution in [2.45, 2.75) is 53.4 Å². The number of carbonyl (C=O) groups is 2. The standard InChI is InChI=1S/C12H22O4.K.H/c1-5-6-7-8-12(9(13)14,10(15)16)11(2,3)4;;/h5-8H2,1-4H3,(H,13,14)(H,15,16);;/q;+1;-1. The van der Waals surface area contributed by atoms with Crippen molar-refractivity contribution in [1.29, 1.82) is 0 Å². The van der Waals surface area contributed by atoms with Gasteiger partial charge in [-0.15, -0.1) is 0 Å². The first-order valence-electron chi connectivity index (χ1n) is 5.67. The van der Waals surface area contributed by atoms with Gasteiger partial charge in [0.2, 0.25) is 0 Å². The van der Waals surface area contributed by atoms with Gasteiger partial charge in [0, 0.05) is 0 Å². The van der Waals surface area contributed by atoms with Crippen LogP contribution < -0.4 is 51.4 Å². The number of rotatable bonds is 6. The topological polar surface area (TPSA) is 74.6 Å². The van der Waals surface area contributed by atoms with Crippen molar-refractivity contribution in [3.63, 3.8) is 0 Å². The van der Waals surface area contributed by atoms with Gasteiger partial charge in [0.25, 0.3) is 0 Å². The molecule has 0 rings (SSSR count). The Bertz CT molecular complexity index is 260. The van der Waals surface area contributed by atoms with Gasteiger partial charge in [-0.05, 0) is 11.8 Å². The van der Waals surface area contributed by atoms with Crippen LogP contribution in [0, 0.1) is 10.8 Å². The van der Waals surface area contributed by atoms with Crippen LogP contribution in [-0.2, 0) is 9.59 Å². The van der Waals surface area contributed by atoms with Crippen molar-refractivity contribution in [1.82, 2.24) is 0 Å². The van der Waals surface area contributed by atoms with E-state index in [0.717, 1.165) is 12.8 Å². The SMILES string of the molecule is CCCCCC(C(=O)O)(C(=O)O)C(C)(C)C.[H-].[K+]. The smallest absolute Gasteiger partial charge is 1.00 e. The van der Waals surface area contributed by atoms with E-state index in [1.807, 2.05) is 6.92 Å². The van der Waals surface area contributed by atoms with Crippen LogP contribution in [0.25, 0.3) is 0 Å². The summed E-state index contributed by atoms with van der Waals surface area (Å²) < 4.78 is 0. The molecule has 0 aromatic rings. The molecule has 0 bridgehead atoms. The summed E-state index contributed by atoms with van der Waals surface area (Å²) in [6.07, 6.45) is 2.62. The molecule has 0 fully saturated rings. The zero-order valence-electron chi connectivity index (χ0n) is 12.5. The summed E-state index contributed by atoms with van der Waals surface area (Å²) in [6.45, 7) is 7.00. The van der Waals surface area contributed by atoms with Crippen molar-refractivity contribution >= 4 is 11.9 Å². The van der Waals surface area contributed by atoms with E-state index in [1.165, 1.54) is 0 Å². The van der Waals surface area contributed by atoms with Gasteiger partial charge >= 0.3 is 63.3 Å². The number of carboxylic acids is 2. The molecule has 0 unspecified atom stereocenters. The Morgan fingerprint density at radius 1 is 1.06 bits per heavy atom. The van der Waals surface area contributed by atoms with Crippen molar-refractivity contribution in [2.75, 3.05) is 0 Å². The minimum atomic E-state index is -1.68. The Labute approximate surface area is 147 Å². The second-order valence-electron chi connectivity index (χ2n) is 5.22. The molecule has 0 saturated carbocycles. The van der Waals surface area contributed by atoms with Crippen LogP contribution in [0.4, 0.5) is 0 Å². The summed E-state index contributed by atoms with van der Waals surface area (Å²) in [5.41, 5.74) is -2.47. The predicted octanol–water partition coefficient (Wildman–Crippen LogP) is -0.115. The summed E-state index contributed by atoms with van der Waals surface area (Å²) in [5.74, 6) is -2.47. The normalized spacial score (nSPS) is 11.8. The monoisotopic (exact) mass is 270 g/mol. The van der Waals surface area contributed by atoms with Crippen molar-refractivity contribution in [2.24, 2.45) is 10.8 Å². The Kier molecular flexibility index (Phi) is 9.24. The Hall–Kier alpha value is 0.576. The summed E-state index contributed by atoms with van der Waals surface area (Å²) in [4.78, 5) is 22.6. The first-order valence-corrected chi connectivity index (χ1v) is 5.67. The van der Waals surface area contributed by atoms with Crippen molar-refractivity contribution in [3.05, 3.63) is 0 Å². The Morgan fingerprint density at radius 3 is 1.71 bits per heavy atom. The fraction of sp³-hybridized carbons (Fsp3) is 0.833. The van der Waals surface area contributed by atoms with Crippen LogP contribution in [0.15, 0.2) is 0 Å². The second-order valence-corrected chi connectivity index (χ2v) is 5.22. The van der Waals surface area contributed by atoms with Crippen molar-refractivity contribution in [3.8, 4) is 0 Å². The average Bonchev–Trinajstić information content (AvgIpc) is 2.08. The molecular formula is C12H23KO4. The Morgan fingerprint density at radius 2 is 1.47 bits per heavy atom. The molecule has 0 atom stereocenters. The van der Waals surface area contributed by atoms with Gasteiger partial charge in [-0.1, -0.05) is 47.0 Å². The summed E-state index contributed by atoms with van der Waals surface area (Å²) in [7, 11) is 0. The minimum absolute atomic E-state index is 0. The number of aliphatic carboxylic acids is 2. The maximum absolute atomic E-state index is 11.3. The van der Waals surface area contributed by atoms with Crippen molar-refractivity contribution < 1.29 is 72.6 Å². The third-order valence-electron chi connectivity index (χ3n) is 3.17. The first kappa shape index (κ1) is 19.9. The maximum atomic E-state index is 11.3. The molecule has 0 aromatic heterocycles. The van der Waals surface area contributed by atoms with Gasteiger partial charge < -0.3 is 11.6 Å². The van der Waals surface area contributed by atoms with E-state index in [2.05, 4.69) is 0 Å². The van der Waals surface area contributed by atoms with E-state index in [0.29, 0.717) is 6.42 Å². The van der Waals surface area contributed by atoms with Crippen LogP contribution >= 0.6 is 0 Å². The zero-order valence-corrected chi connectivity index (χ0v) is 14.7. The second kappa shape index (κ2) is 7.89. The van der Waals surface area contributed by atoms with Gasteiger partial charge in [0.1, 0.15) is 0 Å². The van der Waals surface area contributed by atoms with E-state index < -0.39 is 22.8 Å². The molecule has 5 heteroatoms. The molecule has 0 aliphatic carbocycles. The molecule has 96 valence electrons. The molecule has 4 nitrogen and oxygen atoms in total. The molecule has 17 heavy (non-hydrogen) atoms. The van der Waals surface area contributed by atoms with Gasteiger partial charge in [-0.25, -0.2) is 0 Å². The molecule has 0 heterocycles. The third-order valence-corrected chi connectivity index (χ3v) is 3.17. The minimum Gasteiger partial charge on any atom is -1.00 e. The molecule has 0 aliphatic rings. The average molecular weight is 270 g/mol. The quantitative estimate of drug-likeness (QED) is 0.401. The molecule has 0 saturated heterocycles. The van der Waals surface area contributed by atoms with Crippen LogP contribution in [-0.4, -0.2) is 22.2 Å². The number of hydrogen-bond donors (Lipinski definition) is 2. The van der Waals surface area contributed by atoms with Crippen LogP contribution in [0.1, 0.15) is 54.8 Å². The number of unbranched alkanes of at least 4 members (excludes halogenated alkanes) is 2. The van der Waals surface area contributed by atoms with Gasteiger partial charge in [-0.3, -0.25) is 9.59 Å².